The first-order chi connectivity index (χ1) is 14.2. The lowest BCUT2D eigenvalue weighted by molar-refractivity contribution is 0.0937. The molecule has 1 aliphatic rings. The van der Waals surface area contributed by atoms with Gasteiger partial charge in [-0.1, -0.05) is 49.3 Å². The average Bonchev–Trinajstić information content (AvgIpc) is 3.36. The second-order valence-electron chi connectivity index (χ2n) is 8.57. The van der Waals surface area contributed by atoms with E-state index in [1.54, 1.807) is 22.8 Å². The van der Waals surface area contributed by atoms with Crippen LogP contribution in [0.1, 0.15) is 57.5 Å². The number of rotatable bonds is 5. The Labute approximate surface area is 184 Å². The monoisotopic (exact) mass is 448 g/mol. The standard InChI is InChI=1S/C21H25ClN4O3S/c1-12(17-24-19(25-29-17)21(2,3)4)30-20-23-16-10-13(22)7-8-15(16)18(27)26(20)11-14-6-5-9-28-14/h7-8,10,12,14H,5-6,9,11H2,1-4H3/t12-,14+/m0/s1. The lowest BCUT2D eigenvalue weighted by atomic mass is 9.96. The van der Waals surface area contributed by atoms with Gasteiger partial charge in [0.15, 0.2) is 11.0 Å². The third kappa shape index (κ3) is 4.40. The van der Waals surface area contributed by atoms with Gasteiger partial charge in [-0.15, -0.1) is 0 Å². The molecule has 0 amide bonds. The molecule has 2 atom stereocenters. The number of ether oxygens (including phenoxy) is 1. The van der Waals surface area contributed by atoms with Gasteiger partial charge in [-0.05, 0) is 38.0 Å². The highest BCUT2D eigenvalue weighted by molar-refractivity contribution is 7.99. The molecule has 9 heteroatoms. The van der Waals surface area contributed by atoms with E-state index in [4.69, 9.17) is 25.8 Å². The van der Waals surface area contributed by atoms with Gasteiger partial charge >= 0.3 is 0 Å². The van der Waals surface area contributed by atoms with E-state index in [0.29, 0.717) is 39.3 Å². The summed E-state index contributed by atoms with van der Waals surface area (Å²) in [6.45, 7) is 9.27. The van der Waals surface area contributed by atoms with Crippen LogP contribution in [0.2, 0.25) is 5.02 Å². The number of benzene rings is 1. The molecule has 0 N–H and O–H groups in total. The minimum absolute atomic E-state index is 0.0137. The lowest BCUT2D eigenvalue weighted by Crippen LogP contribution is -2.29. The van der Waals surface area contributed by atoms with E-state index in [1.807, 2.05) is 27.7 Å². The van der Waals surface area contributed by atoms with Crippen molar-refractivity contribution in [3.8, 4) is 0 Å². The molecule has 0 spiro atoms. The maximum absolute atomic E-state index is 13.3. The molecule has 1 aliphatic heterocycles. The second kappa shape index (κ2) is 8.32. The quantitative estimate of drug-likeness (QED) is 0.411. The van der Waals surface area contributed by atoms with Crippen LogP contribution >= 0.6 is 23.4 Å². The summed E-state index contributed by atoms with van der Waals surface area (Å²) in [6, 6.07) is 5.16. The van der Waals surface area contributed by atoms with Gasteiger partial charge < -0.3 is 9.26 Å². The molecule has 30 heavy (non-hydrogen) atoms. The largest absolute Gasteiger partial charge is 0.376 e. The first-order valence-electron chi connectivity index (χ1n) is 10.0. The molecule has 0 aliphatic carbocycles. The van der Waals surface area contributed by atoms with Gasteiger partial charge in [0.05, 0.1) is 28.8 Å². The molecule has 1 aromatic carbocycles. The Bertz CT molecular complexity index is 1120. The van der Waals surface area contributed by atoms with Crippen molar-refractivity contribution in [2.45, 2.75) is 69.0 Å². The lowest BCUT2D eigenvalue weighted by Gasteiger charge is -2.17. The van der Waals surface area contributed by atoms with Gasteiger partial charge in [0, 0.05) is 17.0 Å². The van der Waals surface area contributed by atoms with Gasteiger partial charge in [-0.25, -0.2) is 4.98 Å². The van der Waals surface area contributed by atoms with E-state index in [1.165, 1.54) is 11.8 Å². The number of hydrogen-bond donors (Lipinski definition) is 0. The van der Waals surface area contributed by atoms with Crippen molar-refractivity contribution >= 4 is 34.3 Å². The second-order valence-corrected chi connectivity index (χ2v) is 10.3. The Kier molecular flexibility index (Phi) is 5.92. The highest BCUT2D eigenvalue weighted by Crippen LogP contribution is 2.34. The number of hydrogen-bond acceptors (Lipinski definition) is 7. The highest BCUT2D eigenvalue weighted by atomic mass is 35.5. The topological polar surface area (TPSA) is 83.0 Å². The van der Waals surface area contributed by atoms with Crippen LogP contribution in [0.5, 0.6) is 0 Å². The van der Waals surface area contributed by atoms with Crippen LogP contribution in [0.15, 0.2) is 32.7 Å². The number of nitrogens with zero attached hydrogens (tertiary/aromatic N) is 4. The number of aromatic nitrogens is 4. The molecule has 0 radical (unpaired) electrons. The Morgan fingerprint density at radius 3 is 2.80 bits per heavy atom. The van der Waals surface area contributed by atoms with Crippen LogP contribution in [0.3, 0.4) is 0 Å². The van der Waals surface area contributed by atoms with E-state index in [9.17, 15) is 4.79 Å². The van der Waals surface area contributed by atoms with E-state index in [0.717, 1.165) is 19.4 Å². The van der Waals surface area contributed by atoms with Crippen LogP contribution in [0, 0.1) is 0 Å². The first kappa shape index (κ1) is 21.3. The number of thioether (sulfide) groups is 1. The van der Waals surface area contributed by atoms with Crippen LogP contribution in [-0.4, -0.2) is 32.4 Å². The smallest absolute Gasteiger partial charge is 0.262 e. The summed E-state index contributed by atoms with van der Waals surface area (Å²) in [7, 11) is 0. The van der Waals surface area contributed by atoms with E-state index in [-0.39, 0.29) is 22.3 Å². The first-order valence-corrected chi connectivity index (χ1v) is 11.3. The zero-order valence-corrected chi connectivity index (χ0v) is 19.1. The summed E-state index contributed by atoms with van der Waals surface area (Å²) in [5.74, 6) is 1.16. The SMILES string of the molecule is C[C@H](Sc1nc2cc(Cl)ccc2c(=O)n1C[C@H]1CCCO1)c1nc(C(C)(C)C)no1. The third-order valence-corrected chi connectivity index (χ3v) is 6.35. The van der Waals surface area contributed by atoms with Crippen molar-refractivity contribution in [2.24, 2.45) is 0 Å². The highest BCUT2D eigenvalue weighted by Gasteiger charge is 2.26. The van der Waals surface area contributed by atoms with Gasteiger partial charge in [-0.3, -0.25) is 9.36 Å². The van der Waals surface area contributed by atoms with Crippen molar-refractivity contribution in [1.29, 1.82) is 0 Å². The summed E-state index contributed by atoms with van der Waals surface area (Å²) < 4.78 is 13.0. The summed E-state index contributed by atoms with van der Waals surface area (Å²) in [5, 5.41) is 5.61. The summed E-state index contributed by atoms with van der Waals surface area (Å²) >= 11 is 7.56. The molecule has 160 valence electrons. The van der Waals surface area contributed by atoms with Crippen molar-refractivity contribution in [3.63, 3.8) is 0 Å². The minimum Gasteiger partial charge on any atom is -0.376 e. The van der Waals surface area contributed by atoms with Crippen LogP contribution in [-0.2, 0) is 16.7 Å². The zero-order valence-electron chi connectivity index (χ0n) is 17.5. The number of fused-ring (bicyclic) bond motifs is 1. The van der Waals surface area contributed by atoms with E-state index >= 15 is 0 Å². The van der Waals surface area contributed by atoms with Crippen molar-refractivity contribution in [1.82, 2.24) is 19.7 Å². The van der Waals surface area contributed by atoms with Gasteiger partial charge in [-0.2, -0.15) is 4.98 Å². The predicted molar refractivity (Wildman–Crippen MR) is 117 cm³/mol. The molecule has 0 saturated carbocycles. The molecule has 2 aromatic heterocycles. The predicted octanol–water partition coefficient (Wildman–Crippen LogP) is 4.76. The van der Waals surface area contributed by atoms with Crippen LogP contribution in [0.25, 0.3) is 10.9 Å². The molecular weight excluding hydrogens is 424 g/mol. The summed E-state index contributed by atoms with van der Waals surface area (Å²) in [4.78, 5) is 22.6. The average molecular weight is 449 g/mol. The Morgan fingerprint density at radius 1 is 1.33 bits per heavy atom. The Hall–Kier alpha value is -1.90. The van der Waals surface area contributed by atoms with Crippen molar-refractivity contribution in [3.05, 3.63) is 45.3 Å². The molecular formula is C21H25ClN4O3S. The van der Waals surface area contributed by atoms with Gasteiger partial charge in [0.25, 0.3) is 5.56 Å². The molecule has 1 saturated heterocycles. The summed E-state index contributed by atoms with van der Waals surface area (Å²) in [5.41, 5.74) is 0.279. The molecule has 0 unspecified atom stereocenters. The third-order valence-electron chi connectivity index (χ3n) is 5.04. The molecule has 3 heterocycles. The molecule has 7 nitrogen and oxygen atoms in total. The van der Waals surface area contributed by atoms with Crippen molar-refractivity contribution < 1.29 is 9.26 Å². The molecule has 1 fully saturated rings. The Balaban J connectivity index is 1.72. The fourth-order valence-corrected chi connectivity index (χ4v) is 4.45. The maximum Gasteiger partial charge on any atom is 0.262 e. The van der Waals surface area contributed by atoms with Gasteiger partial charge in [0.2, 0.25) is 5.89 Å². The Morgan fingerprint density at radius 2 is 2.13 bits per heavy atom. The van der Waals surface area contributed by atoms with Crippen LogP contribution in [0.4, 0.5) is 0 Å². The fraction of sp³-hybridized carbons (Fsp3) is 0.524. The molecule has 0 bridgehead atoms. The normalized spacial score (nSPS) is 18.2. The van der Waals surface area contributed by atoms with Crippen LogP contribution < -0.4 is 5.56 Å². The molecule has 3 aromatic rings. The number of halogens is 1. The van der Waals surface area contributed by atoms with E-state index in [2.05, 4.69) is 10.1 Å². The zero-order chi connectivity index (χ0) is 21.5. The van der Waals surface area contributed by atoms with Crippen molar-refractivity contribution in [2.75, 3.05) is 6.61 Å². The van der Waals surface area contributed by atoms with Gasteiger partial charge in [0.1, 0.15) is 0 Å². The fourth-order valence-electron chi connectivity index (χ4n) is 3.33. The molecule has 4 rings (SSSR count). The summed E-state index contributed by atoms with van der Waals surface area (Å²) in [6.07, 6.45) is 1.95. The maximum atomic E-state index is 13.3. The van der Waals surface area contributed by atoms with E-state index < -0.39 is 0 Å². The minimum atomic E-state index is -0.202.